The zero-order valence-electron chi connectivity index (χ0n) is 10.7. The van der Waals surface area contributed by atoms with Gasteiger partial charge in [-0.3, -0.25) is 9.59 Å². The molecule has 0 aliphatic heterocycles. The molecule has 1 aliphatic rings. The highest BCUT2D eigenvalue weighted by Crippen LogP contribution is 2.35. The van der Waals surface area contributed by atoms with Crippen molar-refractivity contribution in [2.75, 3.05) is 13.1 Å². The molecule has 1 rings (SSSR count). The van der Waals surface area contributed by atoms with E-state index in [0.717, 1.165) is 19.3 Å². The predicted octanol–water partition coefficient (Wildman–Crippen LogP) is 0.146. The van der Waals surface area contributed by atoms with Crippen molar-refractivity contribution in [2.45, 2.75) is 45.6 Å². The van der Waals surface area contributed by atoms with E-state index < -0.39 is 0 Å². The summed E-state index contributed by atoms with van der Waals surface area (Å²) >= 11 is 0. The van der Waals surface area contributed by atoms with Gasteiger partial charge in [0.25, 0.3) is 0 Å². The van der Waals surface area contributed by atoms with Gasteiger partial charge in [0.2, 0.25) is 11.8 Å². The smallest absolute Gasteiger partial charge is 0.239 e. The van der Waals surface area contributed by atoms with Gasteiger partial charge in [-0.15, -0.1) is 0 Å². The number of hydrogen-bond acceptors (Lipinski definition) is 3. The fourth-order valence-corrected chi connectivity index (χ4v) is 2.26. The molecule has 2 amide bonds. The minimum absolute atomic E-state index is 0.0165. The first kappa shape index (κ1) is 14.0. The number of carbonyl (C=O) groups is 2. The number of nitrogens with two attached hydrogens (primary N) is 1. The summed E-state index contributed by atoms with van der Waals surface area (Å²) in [7, 11) is 0. The lowest BCUT2D eigenvalue weighted by Crippen LogP contribution is -2.50. The molecule has 0 radical (unpaired) electrons. The molecule has 0 spiro atoms. The molecule has 0 aromatic rings. The molecule has 5 nitrogen and oxygen atoms in total. The Bertz CT molecular complexity index is 289. The highest BCUT2D eigenvalue weighted by molar-refractivity contribution is 5.85. The van der Waals surface area contributed by atoms with Crippen LogP contribution in [-0.2, 0) is 9.59 Å². The second-order valence-corrected chi connectivity index (χ2v) is 5.34. The predicted molar refractivity (Wildman–Crippen MR) is 66.2 cm³/mol. The summed E-state index contributed by atoms with van der Waals surface area (Å²) in [5.74, 6) is -0.435. The summed E-state index contributed by atoms with van der Waals surface area (Å²) in [5.41, 5.74) is 5.29. The van der Waals surface area contributed by atoms with E-state index in [1.165, 1.54) is 6.42 Å². The molecule has 0 aromatic carbocycles. The van der Waals surface area contributed by atoms with Crippen LogP contribution in [0.3, 0.4) is 0 Å². The Kier molecular flexibility index (Phi) is 4.93. The second kappa shape index (κ2) is 6.00. The third-order valence-corrected chi connectivity index (χ3v) is 3.47. The highest BCUT2D eigenvalue weighted by atomic mass is 16.2. The van der Waals surface area contributed by atoms with Gasteiger partial charge < -0.3 is 16.4 Å². The molecule has 0 aromatic heterocycles. The molecular formula is C12H23N3O2. The van der Waals surface area contributed by atoms with E-state index in [4.69, 9.17) is 5.73 Å². The summed E-state index contributed by atoms with van der Waals surface area (Å²) in [4.78, 5) is 22.6. The molecule has 98 valence electrons. The van der Waals surface area contributed by atoms with E-state index in [-0.39, 0.29) is 36.4 Å². The van der Waals surface area contributed by atoms with Crippen molar-refractivity contribution < 1.29 is 9.59 Å². The molecule has 1 atom stereocenters. The lowest BCUT2D eigenvalue weighted by atomic mass is 9.73. The quantitative estimate of drug-likeness (QED) is 0.655. The van der Waals surface area contributed by atoms with E-state index >= 15 is 0 Å². The Morgan fingerprint density at radius 3 is 2.59 bits per heavy atom. The van der Waals surface area contributed by atoms with Crippen LogP contribution >= 0.6 is 0 Å². The van der Waals surface area contributed by atoms with Gasteiger partial charge in [-0.05, 0) is 18.3 Å². The zero-order valence-corrected chi connectivity index (χ0v) is 10.7. The summed E-state index contributed by atoms with van der Waals surface area (Å²) in [6.07, 6.45) is 4.53. The topological polar surface area (TPSA) is 84.2 Å². The molecular weight excluding hydrogens is 218 g/mol. The first-order valence-electron chi connectivity index (χ1n) is 6.22. The average Bonchev–Trinajstić information content (AvgIpc) is 2.28. The lowest BCUT2D eigenvalue weighted by Gasteiger charge is -2.39. The highest BCUT2D eigenvalue weighted by Gasteiger charge is 2.32. The van der Waals surface area contributed by atoms with Crippen molar-refractivity contribution in [3.05, 3.63) is 0 Å². The second-order valence-electron chi connectivity index (χ2n) is 5.34. The molecule has 4 N–H and O–H groups in total. The zero-order chi connectivity index (χ0) is 12.9. The Labute approximate surface area is 103 Å². The summed E-state index contributed by atoms with van der Waals surface area (Å²) in [5, 5.41) is 5.47. The fourth-order valence-electron chi connectivity index (χ4n) is 2.26. The maximum atomic E-state index is 11.7. The number of hydrogen-bond donors (Lipinski definition) is 3. The van der Waals surface area contributed by atoms with Crippen molar-refractivity contribution in [3.8, 4) is 0 Å². The molecule has 1 unspecified atom stereocenters. The molecule has 1 aliphatic carbocycles. The first-order chi connectivity index (χ1) is 7.95. The van der Waals surface area contributed by atoms with Crippen LogP contribution in [0.25, 0.3) is 0 Å². The number of carbonyl (C=O) groups excluding carboxylic acids is 2. The van der Waals surface area contributed by atoms with Crippen molar-refractivity contribution >= 4 is 11.8 Å². The Morgan fingerprint density at radius 1 is 1.29 bits per heavy atom. The number of amides is 2. The fraction of sp³-hybridized carbons (Fsp3) is 0.833. The van der Waals surface area contributed by atoms with Crippen LogP contribution in [0.4, 0.5) is 0 Å². The minimum Gasteiger partial charge on any atom is -0.351 e. The van der Waals surface area contributed by atoms with Crippen LogP contribution in [0, 0.1) is 5.41 Å². The Hall–Kier alpha value is -1.10. The van der Waals surface area contributed by atoms with Gasteiger partial charge >= 0.3 is 0 Å². The summed E-state index contributed by atoms with van der Waals surface area (Å²) < 4.78 is 0. The minimum atomic E-state index is -0.303. The van der Waals surface area contributed by atoms with Crippen LogP contribution in [0.2, 0.25) is 0 Å². The lowest BCUT2D eigenvalue weighted by molar-refractivity contribution is -0.126. The van der Waals surface area contributed by atoms with E-state index in [1.54, 1.807) is 0 Å². The van der Waals surface area contributed by atoms with Crippen LogP contribution in [-0.4, -0.2) is 30.9 Å². The third kappa shape index (κ3) is 4.34. The van der Waals surface area contributed by atoms with Crippen molar-refractivity contribution in [2.24, 2.45) is 11.1 Å². The SMILES string of the molecule is CC1(C)CCCCC1NC(=O)CNC(=O)CN. The largest absolute Gasteiger partial charge is 0.351 e. The van der Waals surface area contributed by atoms with Gasteiger partial charge in [-0.1, -0.05) is 26.7 Å². The number of nitrogens with one attached hydrogen (secondary N) is 2. The molecule has 1 fully saturated rings. The standard InChI is InChI=1S/C12H23N3O2/c1-12(2)6-4-3-5-9(12)15-11(17)8-14-10(16)7-13/h9H,3-8,13H2,1-2H3,(H,14,16)(H,15,17). The average molecular weight is 241 g/mol. The van der Waals surface area contributed by atoms with E-state index in [1.807, 2.05) is 0 Å². The Balaban J connectivity index is 2.37. The first-order valence-corrected chi connectivity index (χ1v) is 6.22. The van der Waals surface area contributed by atoms with Gasteiger partial charge in [0.1, 0.15) is 0 Å². The van der Waals surface area contributed by atoms with Crippen molar-refractivity contribution in [1.82, 2.24) is 10.6 Å². The van der Waals surface area contributed by atoms with Crippen LogP contribution in [0.5, 0.6) is 0 Å². The van der Waals surface area contributed by atoms with Crippen LogP contribution in [0.1, 0.15) is 39.5 Å². The van der Waals surface area contributed by atoms with Crippen LogP contribution in [0.15, 0.2) is 0 Å². The van der Waals surface area contributed by atoms with Crippen molar-refractivity contribution in [1.29, 1.82) is 0 Å². The van der Waals surface area contributed by atoms with Gasteiger partial charge in [0.15, 0.2) is 0 Å². The Morgan fingerprint density at radius 2 is 2.00 bits per heavy atom. The molecule has 0 saturated heterocycles. The monoisotopic (exact) mass is 241 g/mol. The molecule has 1 saturated carbocycles. The van der Waals surface area contributed by atoms with Gasteiger partial charge in [0, 0.05) is 6.04 Å². The normalized spacial score (nSPS) is 22.9. The molecule has 17 heavy (non-hydrogen) atoms. The van der Waals surface area contributed by atoms with E-state index in [9.17, 15) is 9.59 Å². The van der Waals surface area contributed by atoms with E-state index in [2.05, 4.69) is 24.5 Å². The van der Waals surface area contributed by atoms with Gasteiger partial charge in [-0.2, -0.15) is 0 Å². The summed E-state index contributed by atoms with van der Waals surface area (Å²) in [6, 6.07) is 0.207. The number of rotatable bonds is 4. The van der Waals surface area contributed by atoms with Crippen molar-refractivity contribution in [3.63, 3.8) is 0 Å². The molecule has 5 heteroatoms. The van der Waals surface area contributed by atoms with E-state index in [0.29, 0.717) is 0 Å². The van der Waals surface area contributed by atoms with Gasteiger partial charge in [-0.25, -0.2) is 0 Å². The molecule has 0 heterocycles. The maximum absolute atomic E-state index is 11.7. The third-order valence-electron chi connectivity index (χ3n) is 3.47. The summed E-state index contributed by atoms with van der Waals surface area (Å²) in [6.45, 7) is 4.29. The van der Waals surface area contributed by atoms with Crippen LogP contribution < -0.4 is 16.4 Å². The van der Waals surface area contributed by atoms with Gasteiger partial charge in [0.05, 0.1) is 13.1 Å². The molecule has 0 bridgehead atoms. The maximum Gasteiger partial charge on any atom is 0.239 e.